The molecule has 0 heterocycles. The minimum absolute atomic E-state index is 0.102. The zero-order valence-electron chi connectivity index (χ0n) is 9.12. The first-order valence-corrected chi connectivity index (χ1v) is 4.87. The number of benzene rings is 1. The average Bonchev–Trinajstić information content (AvgIpc) is 2.19. The predicted molar refractivity (Wildman–Crippen MR) is 57.6 cm³/mol. The van der Waals surface area contributed by atoms with Crippen molar-refractivity contribution in [2.75, 3.05) is 13.7 Å². The normalized spacial score (nSPS) is 11.4. The summed E-state index contributed by atoms with van der Waals surface area (Å²) in [5.74, 6) is 0.916. The Bertz CT molecular complexity index is 254. The van der Waals surface area contributed by atoms with Gasteiger partial charge in [0.25, 0.3) is 0 Å². The van der Waals surface area contributed by atoms with Gasteiger partial charge in [-0.2, -0.15) is 0 Å². The lowest BCUT2D eigenvalue weighted by atomic mass is 10.1. The molecule has 2 nitrogen and oxygen atoms in total. The smallest absolute Gasteiger partial charge is 0.119 e. The molecule has 0 radical (unpaired) electrons. The highest BCUT2D eigenvalue weighted by molar-refractivity contribution is 5.20. The van der Waals surface area contributed by atoms with Crippen molar-refractivity contribution < 1.29 is 9.47 Å². The molecule has 0 aliphatic heterocycles. The molecule has 0 fully saturated rings. The van der Waals surface area contributed by atoms with Gasteiger partial charge in [-0.05, 0) is 26.0 Å². The lowest BCUT2D eigenvalue weighted by Crippen LogP contribution is -2.25. The number of methoxy groups -OCH3 is 1. The van der Waals surface area contributed by atoms with Crippen LogP contribution < -0.4 is 4.74 Å². The summed E-state index contributed by atoms with van der Waals surface area (Å²) >= 11 is 0. The van der Waals surface area contributed by atoms with Crippen LogP contribution in [0.3, 0.4) is 0 Å². The maximum absolute atomic E-state index is 5.56. The largest absolute Gasteiger partial charge is 0.493 e. The fraction of sp³-hybridized carbons (Fsp3) is 0.500. The van der Waals surface area contributed by atoms with Gasteiger partial charge >= 0.3 is 0 Å². The van der Waals surface area contributed by atoms with E-state index >= 15 is 0 Å². The van der Waals surface area contributed by atoms with Crippen LogP contribution in [-0.2, 0) is 4.74 Å². The first-order valence-electron chi connectivity index (χ1n) is 4.87. The molecule has 1 rings (SSSR count). The Hall–Kier alpha value is -1.02. The van der Waals surface area contributed by atoms with Crippen molar-refractivity contribution in [2.45, 2.75) is 25.9 Å². The molecule has 0 amide bonds. The number of para-hydroxylation sites is 1. The van der Waals surface area contributed by atoms with Crippen LogP contribution >= 0.6 is 0 Å². The molecular weight excluding hydrogens is 176 g/mol. The monoisotopic (exact) mass is 194 g/mol. The fourth-order valence-corrected chi connectivity index (χ4v) is 1.03. The highest BCUT2D eigenvalue weighted by Gasteiger charge is 2.15. The highest BCUT2D eigenvalue weighted by Crippen LogP contribution is 2.14. The van der Waals surface area contributed by atoms with Crippen LogP contribution in [0.1, 0.15) is 20.3 Å². The van der Waals surface area contributed by atoms with Crippen LogP contribution in [-0.4, -0.2) is 19.3 Å². The molecule has 0 saturated carbocycles. The Morgan fingerprint density at radius 2 is 1.79 bits per heavy atom. The van der Waals surface area contributed by atoms with Gasteiger partial charge in [0, 0.05) is 13.5 Å². The molecule has 0 atom stereocenters. The second kappa shape index (κ2) is 5.01. The van der Waals surface area contributed by atoms with Crippen LogP contribution in [0.25, 0.3) is 0 Å². The summed E-state index contributed by atoms with van der Waals surface area (Å²) in [5.41, 5.74) is -0.102. The van der Waals surface area contributed by atoms with Crippen molar-refractivity contribution in [2.24, 2.45) is 0 Å². The number of hydrogen-bond donors (Lipinski definition) is 0. The van der Waals surface area contributed by atoms with Crippen molar-refractivity contribution in [3.05, 3.63) is 30.3 Å². The Morgan fingerprint density at radius 3 is 2.36 bits per heavy atom. The quantitative estimate of drug-likeness (QED) is 0.717. The fourth-order valence-electron chi connectivity index (χ4n) is 1.03. The topological polar surface area (TPSA) is 18.5 Å². The van der Waals surface area contributed by atoms with Gasteiger partial charge in [0.2, 0.25) is 0 Å². The molecule has 0 aliphatic rings. The van der Waals surface area contributed by atoms with Crippen LogP contribution in [0.4, 0.5) is 0 Å². The molecule has 0 N–H and O–H groups in total. The van der Waals surface area contributed by atoms with Gasteiger partial charge in [0.15, 0.2) is 0 Å². The first-order chi connectivity index (χ1) is 6.64. The summed E-state index contributed by atoms with van der Waals surface area (Å²) in [6.45, 7) is 4.80. The summed E-state index contributed by atoms with van der Waals surface area (Å²) in [6, 6.07) is 9.83. The maximum atomic E-state index is 5.56. The zero-order chi connectivity index (χ0) is 10.4. The lowest BCUT2D eigenvalue weighted by molar-refractivity contribution is 0.00546. The Kier molecular flexibility index (Phi) is 3.96. The summed E-state index contributed by atoms with van der Waals surface area (Å²) < 4.78 is 10.9. The predicted octanol–water partition coefficient (Wildman–Crippen LogP) is 2.88. The number of rotatable bonds is 5. The molecule has 0 aliphatic carbocycles. The van der Waals surface area contributed by atoms with Gasteiger partial charge in [0.1, 0.15) is 5.75 Å². The van der Waals surface area contributed by atoms with E-state index in [1.165, 1.54) is 0 Å². The summed E-state index contributed by atoms with van der Waals surface area (Å²) in [7, 11) is 1.72. The van der Waals surface area contributed by atoms with Crippen molar-refractivity contribution in [3.63, 3.8) is 0 Å². The molecule has 1 aromatic rings. The molecule has 0 bridgehead atoms. The Balaban J connectivity index is 2.29. The lowest BCUT2D eigenvalue weighted by Gasteiger charge is -2.22. The summed E-state index contributed by atoms with van der Waals surface area (Å²) in [6.07, 6.45) is 0.887. The number of hydrogen-bond acceptors (Lipinski definition) is 2. The molecule has 2 heteroatoms. The minimum atomic E-state index is -0.102. The van der Waals surface area contributed by atoms with Crippen LogP contribution in [0.5, 0.6) is 5.75 Å². The van der Waals surface area contributed by atoms with E-state index < -0.39 is 0 Å². The van der Waals surface area contributed by atoms with Crippen LogP contribution in [0.2, 0.25) is 0 Å². The zero-order valence-corrected chi connectivity index (χ0v) is 9.12. The van der Waals surface area contributed by atoms with E-state index in [4.69, 9.17) is 9.47 Å². The van der Waals surface area contributed by atoms with Gasteiger partial charge in [-0.1, -0.05) is 18.2 Å². The standard InChI is InChI=1S/C12H18O2/c1-12(2,13-3)9-10-14-11-7-5-4-6-8-11/h4-8H,9-10H2,1-3H3. The van der Waals surface area contributed by atoms with Gasteiger partial charge in [0.05, 0.1) is 12.2 Å². The van der Waals surface area contributed by atoms with Crippen molar-refractivity contribution in [3.8, 4) is 5.75 Å². The van der Waals surface area contributed by atoms with E-state index in [2.05, 4.69) is 13.8 Å². The van der Waals surface area contributed by atoms with E-state index in [0.717, 1.165) is 12.2 Å². The van der Waals surface area contributed by atoms with Gasteiger partial charge in [-0.25, -0.2) is 0 Å². The molecule has 1 aromatic carbocycles. The highest BCUT2D eigenvalue weighted by atomic mass is 16.5. The third kappa shape index (κ3) is 3.79. The van der Waals surface area contributed by atoms with E-state index in [0.29, 0.717) is 6.61 Å². The maximum Gasteiger partial charge on any atom is 0.119 e. The molecule has 14 heavy (non-hydrogen) atoms. The van der Waals surface area contributed by atoms with Crippen molar-refractivity contribution >= 4 is 0 Å². The van der Waals surface area contributed by atoms with E-state index in [9.17, 15) is 0 Å². The van der Waals surface area contributed by atoms with E-state index in [-0.39, 0.29) is 5.60 Å². The molecule has 0 aromatic heterocycles. The van der Waals surface area contributed by atoms with Gasteiger partial charge in [-0.3, -0.25) is 0 Å². The molecule has 0 unspecified atom stereocenters. The molecule has 78 valence electrons. The second-order valence-electron chi connectivity index (χ2n) is 3.88. The second-order valence-corrected chi connectivity index (χ2v) is 3.88. The van der Waals surface area contributed by atoms with Crippen molar-refractivity contribution in [1.82, 2.24) is 0 Å². The molecule has 0 spiro atoms. The SMILES string of the molecule is COC(C)(C)CCOc1ccccc1. The third-order valence-electron chi connectivity index (χ3n) is 2.27. The van der Waals surface area contributed by atoms with Crippen LogP contribution in [0, 0.1) is 0 Å². The summed E-state index contributed by atoms with van der Waals surface area (Å²) in [5, 5.41) is 0. The van der Waals surface area contributed by atoms with Crippen LogP contribution in [0.15, 0.2) is 30.3 Å². The minimum Gasteiger partial charge on any atom is -0.493 e. The van der Waals surface area contributed by atoms with E-state index in [1.54, 1.807) is 7.11 Å². The third-order valence-corrected chi connectivity index (χ3v) is 2.27. The molecular formula is C12H18O2. The van der Waals surface area contributed by atoms with E-state index in [1.807, 2.05) is 30.3 Å². The number of ether oxygens (including phenoxy) is 2. The van der Waals surface area contributed by atoms with Gasteiger partial charge < -0.3 is 9.47 Å². The summed E-state index contributed by atoms with van der Waals surface area (Å²) in [4.78, 5) is 0. The average molecular weight is 194 g/mol. The van der Waals surface area contributed by atoms with Crippen molar-refractivity contribution in [1.29, 1.82) is 0 Å². The molecule has 0 saturated heterocycles. The van der Waals surface area contributed by atoms with Gasteiger partial charge in [-0.15, -0.1) is 0 Å². The Morgan fingerprint density at radius 1 is 1.14 bits per heavy atom. The first kappa shape index (κ1) is 11.1. The Labute approximate surface area is 85.8 Å².